The second kappa shape index (κ2) is 8.33. The van der Waals surface area contributed by atoms with Crippen LogP contribution in [-0.2, 0) is 16.1 Å². The Morgan fingerprint density at radius 2 is 1.81 bits per heavy atom. The van der Waals surface area contributed by atoms with Gasteiger partial charge in [-0.15, -0.1) is 0 Å². The van der Waals surface area contributed by atoms with Crippen LogP contribution in [0.15, 0.2) is 42.5 Å². The summed E-state index contributed by atoms with van der Waals surface area (Å²) in [6, 6.07) is 11.4. The Hall–Kier alpha value is -2.38. The van der Waals surface area contributed by atoms with Crippen LogP contribution in [0.4, 0.5) is 4.39 Å². The van der Waals surface area contributed by atoms with Crippen LogP contribution in [0, 0.1) is 5.82 Å². The first kappa shape index (κ1) is 19.9. The highest BCUT2D eigenvalue weighted by atomic mass is 32.2. The second-order valence-corrected chi connectivity index (χ2v) is 7.15. The summed E-state index contributed by atoms with van der Waals surface area (Å²) in [5.41, 5.74) is 1.99. The standard InChI is InChI=1S/C19H21FN2O3S/c1-19(2,3)14-7-5-13(6-8-14)17(23)22-11-12-4-9-15(16(20)10-12)18(24)25-26-21/h4-10H,11,21H2,1-3H3,(H,22,23). The van der Waals surface area contributed by atoms with E-state index in [0.717, 1.165) is 5.56 Å². The number of carbonyl (C=O) groups excluding carboxylic acids is 2. The fourth-order valence-electron chi connectivity index (χ4n) is 2.33. The third-order valence-electron chi connectivity index (χ3n) is 3.84. The molecule has 0 fully saturated rings. The molecule has 0 atom stereocenters. The number of amides is 1. The minimum absolute atomic E-state index is 0.0117. The van der Waals surface area contributed by atoms with Crippen molar-refractivity contribution >= 4 is 24.1 Å². The van der Waals surface area contributed by atoms with Crippen molar-refractivity contribution < 1.29 is 18.2 Å². The Morgan fingerprint density at radius 1 is 1.15 bits per heavy atom. The molecule has 138 valence electrons. The van der Waals surface area contributed by atoms with Gasteiger partial charge in [-0.1, -0.05) is 39.0 Å². The van der Waals surface area contributed by atoms with E-state index < -0.39 is 11.8 Å². The van der Waals surface area contributed by atoms with E-state index in [0.29, 0.717) is 23.4 Å². The Balaban J connectivity index is 2.01. The molecule has 7 heteroatoms. The quantitative estimate of drug-likeness (QED) is 0.614. The van der Waals surface area contributed by atoms with Gasteiger partial charge >= 0.3 is 5.97 Å². The molecule has 1 amide bonds. The first-order valence-corrected chi connectivity index (χ1v) is 8.77. The van der Waals surface area contributed by atoms with Crippen molar-refractivity contribution in [3.63, 3.8) is 0 Å². The van der Waals surface area contributed by atoms with Crippen molar-refractivity contribution in [2.24, 2.45) is 5.14 Å². The SMILES string of the molecule is CC(C)(C)c1ccc(C(=O)NCc2ccc(C(=O)OSN)c(F)c2)cc1. The molecule has 0 radical (unpaired) electrons. The molecule has 2 aromatic rings. The highest BCUT2D eigenvalue weighted by Crippen LogP contribution is 2.22. The van der Waals surface area contributed by atoms with E-state index in [4.69, 9.17) is 5.14 Å². The van der Waals surface area contributed by atoms with Gasteiger partial charge in [0.2, 0.25) is 0 Å². The van der Waals surface area contributed by atoms with Crippen molar-refractivity contribution in [2.75, 3.05) is 0 Å². The topological polar surface area (TPSA) is 81.4 Å². The number of carbonyl (C=O) groups is 2. The monoisotopic (exact) mass is 376 g/mol. The fourth-order valence-corrected chi connectivity index (χ4v) is 2.51. The molecule has 0 spiro atoms. The van der Waals surface area contributed by atoms with Crippen LogP contribution >= 0.6 is 12.2 Å². The van der Waals surface area contributed by atoms with E-state index in [1.807, 2.05) is 12.1 Å². The van der Waals surface area contributed by atoms with Gasteiger partial charge in [0.15, 0.2) is 0 Å². The minimum Gasteiger partial charge on any atom is -0.371 e. The molecule has 0 bridgehead atoms. The fraction of sp³-hybridized carbons (Fsp3) is 0.263. The summed E-state index contributed by atoms with van der Waals surface area (Å²) in [7, 11) is 0. The van der Waals surface area contributed by atoms with Gasteiger partial charge in [0, 0.05) is 12.1 Å². The number of hydrogen-bond donors (Lipinski definition) is 2. The molecule has 0 unspecified atom stereocenters. The van der Waals surface area contributed by atoms with Gasteiger partial charge < -0.3 is 9.50 Å². The van der Waals surface area contributed by atoms with Crippen LogP contribution < -0.4 is 10.5 Å². The third kappa shape index (κ3) is 5.06. The van der Waals surface area contributed by atoms with Gasteiger partial charge in [-0.25, -0.2) is 14.3 Å². The molecule has 3 N–H and O–H groups in total. The molecule has 26 heavy (non-hydrogen) atoms. The number of rotatable bonds is 5. The summed E-state index contributed by atoms with van der Waals surface area (Å²) in [6.45, 7) is 6.44. The maximum absolute atomic E-state index is 14.0. The van der Waals surface area contributed by atoms with E-state index in [1.165, 1.54) is 12.1 Å². The number of nitrogens with one attached hydrogen (secondary N) is 1. The summed E-state index contributed by atoms with van der Waals surface area (Å²) >= 11 is 0.358. The van der Waals surface area contributed by atoms with Crippen molar-refractivity contribution in [1.29, 1.82) is 0 Å². The van der Waals surface area contributed by atoms with Crippen LogP contribution in [0.3, 0.4) is 0 Å². The Labute approximate surface area is 156 Å². The zero-order valence-electron chi connectivity index (χ0n) is 14.8. The molecule has 5 nitrogen and oxygen atoms in total. The molecule has 2 aromatic carbocycles. The number of halogens is 1. The van der Waals surface area contributed by atoms with Gasteiger partial charge in [-0.05, 0) is 40.8 Å². The van der Waals surface area contributed by atoms with Gasteiger partial charge in [0.25, 0.3) is 5.91 Å². The normalized spacial score (nSPS) is 11.1. The smallest absolute Gasteiger partial charge is 0.354 e. The van der Waals surface area contributed by atoms with Crippen molar-refractivity contribution in [3.8, 4) is 0 Å². The molecular weight excluding hydrogens is 355 g/mol. The molecule has 2 rings (SSSR count). The molecule has 0 saturated carbocycles. The Morgan fingerprint density at radius 3 is 2.35 bits per heavy atom. The van der Waals surface area contributed by atoms with Crippen LogP contribution in [0.1, 0.15) is 52.6 Å². The lowest BCUT2D eigenvalue weighted by Gasteiger charge is -2.19. The molecule has 0 aliphatic heterocycles. The van der Waals surface area contributed by atoms with Gasteiger partial charge in [0.1, 0.15) is 18.0 Å². The molecule has 0 saturated heterocycles. The first-order valence-electron chi connectivity index (χ1n) is 7.97. The molecular formula is C19H21FN2O3S. The average Bonchev–Trinajstić information content (AvgIpc) is 2.59. The number of hydrogen-bond acceptors (Lipinski definition) is 5. The average molecular weight is 376 g/mol. The number of nitrogens with two attached hydrogens (primary N) is 1. The first-order chi connectivity index (χ1) is 12.2. The van der Waals surface area contributed by atoms with E-state index >= 15 is 0 Å². The van der Waals surface area contributed by atoms with Gasteiger partial charge in [0.05, 0.1) is 5.56 Å². The van der Waals surface area contributed by atoms with Gasteiger partial charge in [-0.3, -0.25) is 4.79 Å². The van der Waals surface area contributed by atoms with E-state index in [-0.39, 0.29) is 23.4 Å². The molecule has 0 aliphatic carbocycles. The van der Waals surface area contributed by atoms with Crippen LogP contribution in [-0.4, -0.2) is 11.9 Å². The summed E-state index contributed by atoms with van der Waals surface area (Å²) in [6.07, 6.45) is 0. The second-order valence-electron chi connectivity index (χ2n) is 6.79. The van der Waals surface area contributed by atoms with E-state index in [2.05, 4.69) is 30.3 Å². The number of benzene rings is 2. The summed E-state index contributed by atoms with van der Waals surface area (Å²) in [5, 5.41) is 7.75. The maximum Gasteiger partial charge on any atom is 0.354 e. The molecule has 0 aromatic heterocycles. The van der Waals surface area contributed by atoms with Crippen molar-refractivity contribution in [1.82, 2.24) is 5.32 Å². The summed E-state index contributed by atoms with van der Waals surface area (Å²) < 4.78 is 18.4. The van der Waals surface area contributed by atoms with Crippen molar-refractivity contribution in [3.05, 3.63) is 70.5 Å². The Kier molecular flexibility index (Phi) is 6.39. The summed E-state index contributed by atoms with van der Waals surface area (Å²) in [5.74, 6) is -1.84. The lowest BCUT2D eigenvalue weighted by molar-refractivity contribution is 0.0763. The predicted octanol–water partition coefficient (Wildman–Crippen LogP) is 3.73. The molecule has 0 heterocycles. The van der Waals surface area contributed by atoms with E-state index in [1.54, 1.807) is 18.2 Å². The maximum atomic E-state index is 14.0. The predicted molar refractivity (Wildman–Crippen MR) is 99.9 cm³/mol. The largest absolute Gasteiger partial charge is 0.371 e. The van der Waals surface area contributed by atoms with Crippen LogP contribution in [0.5, 0.6) is 0 Å². The highest BCUT2D eigenvalue weighted by molar-refractivity contribution is 7.92. The zero-order chi connectivity index (χ0) is 19.3. The Bertz CT molecular complexity index is 801. The lowest BCUT2D eigenvalue weighted by atomic mass is 9.87. The third-order valence-corrected chi connectivity index (χ3v) is 4.09. The van der Waals surface area contributed by atoms with E-state index in [9.17, 15) is 14.0 Å². The van der Waals surface area contributed by atoms with Crippen LogP contribution in [0.2, 0.25) is 0 Å². The van der Waals surface area contributed by atoms with Gasteiger partial charge in [-0.2, -0.15) is 0 Å². The van der Waals surface area contributed by atoms with Crippen molar-refractivity contribution in [2.45, 2.75) is 32.7 Å². The zero-order valence-corrected chi connectivity index (χ0v) is 15.7. The minimum atomic E-state index is -0.857. The molecule has 0 aliphatic rings. The highest BCUT2D eigenvalue weighted by Gasteiger charge is 2.16. The summed E-state index contributed by atoms with van der Waals surface area (Å²) in [4.78, 5) is 23.7. The lowest BCUT2D eigenvalue weighted by Crippen LogP contribution is -2.23. The van der Waals surface area contributed by atoms with Crippen LogP contribution in [0.25, 0.3) is 0 Å².